The fourth-order valence-corrected chi connectivity index (χ4v) is 2.02. The summed E-state index contributed by atoms with van der Waals surface area (Å²) in [5.74, 6) is -3.18. The molecule has 0 aromatic carbocycles. The summed E-state index contributed by atoms with van der Waals surface area (Å²) in [6.07, 6.45) is 1.09. The first-order valence-corrected chi connectivity index (χ1v) is 6.40. The van der Waals surface area contributed by atoms with Gasteiger partial charge in [-0.15, -0.1) is 0 Å². The summed E-state index contributed by atoms with van der Waals surface area (Å²) in [5.41, 5.74) is 0. The van der Waals surface area contributed by atoms with Gasteiger partial charge in [0.1, 0.15) is 6.54 Å². The molecule has 0 fully saturated rings. The van der Waals surface area contributed by atoms with Gasteiger partial charge in [0.25, 0.3) is 10.0 Å². The third-order valence-electron chi connectivity index (χ3n) is 1.84. The zero-order chi connectivity index (χ0) is 14.5. The molecule has 0 radical (unpaired) electrons. The molecule has 0 saturated carbocycles. The van der Waals surface area contributed by atoms with Gasteiger partial charge in [0, 0.05) is 6.20 Å². The largest absolute Gasteiger partial charge is 0.480 e. The number of halogens is 1. The lowest BCUT2D eigenvalue weighted by molar-refractivity contribution is -0.137. The van der Waals surface area contributed by atoms with E-state index in [2.05, 4.69) is 4.98 Å². The summed E-state index contributed by atoms with van der Waals surface area (Å²) in [6.45, 7) is -1.36. The van der Waals surface area contributed by atoms with Crippen molar-refractivity contribution in [1.29, 1.82) is 0 Å². The van der Waals surface area contributed by atoms with Crippen LogP contribution in [0.1, 0.15) is 0 Å². The molecule has 0 aliphatic rings. The molecule has 1 heterocycles. The van der Waals surface area contributed by atoms with Crippen LogP contribution in [-0.4, -0.2) is 43.5 Å². The highest BCUT2D eigenvalue weighted by Crippen LogP contribution is 2.08. The van der Waals surface area contributed by atoms with E-state index in [-0.39, 0.29) is 0 Å². The number of hydrogen-bond donors (Lipinski definition) is 3. The molecule has 19 heavy (non-hydrogen) atoms. The van der Waals surface area contributed by atoms with Gasteiger partial charge in [-0.25, -0.2) is 22.5 Å². The Labute approximate surface area is 107 Å². The zero-order valence-electron chi connectivity index (χ0n) is 9.46. The van der Waals surface area contributed by atoms with E-state index in [1.165, 1.54) is 6.07 Å². The Hall–Kier alpha value is -2.07. The predicted octanol–water partition coefficient (Wildman–Crippen LogP) is -1.30. The first kappa shape index (κ1) is 15.0. The van der Waals surface area contributed by atoms with Crippen molar-refractivity contribution in [3.05, 3.63) is 24.1 Å². The van der Waals surface area contributed by atoms with E-state index in [1.807, 2.05) is 5.32 Å². The first-order chi connectivity index (χ1) is 8.83. The number of carboxylic acids is 1. The van der Waals surface area contributed by atoms with Gasteiger partial charge in [0.15, 0.2) is 5.82 Å². The quantitative estimate of drug-likeness (QED) is 0.598. The van der Waals surface area contributed by atoms with Crippen molar-refractivity contribution < 1.29 is 27.5 Å². The molecule has 3 N–H and O–H groups in total. The first-order valence-electron chi connectivity index (χ1n) is 4.91. The van der Waals surface area contributed by atoms with Crippen molar-refractivity contribution in [2.24, 2.45) is 0 Å². The van der Waals surface area contributed by atoms with Gasteiger partial charge < -0.3 is 10.4 Å². The van der Waals surface area contributed by atoms with Crippen LogP contribution in [0.4, 0.5) is 4.39 Å². The molecule has 8 nitrogen and oxygen atoms in total. The Morgan fingerprint density at radius 2 is 2.05 bits per heavy atom. The van der Waals surface area contributed by atoms with E-state index in [1.54, 1.807) is 4.72 Å². The number of hydrogen-bond acceptors (Lipinski definition) is 5. The Balaban J connectivity index is 2.64. The summed E-state index contributed by atoms with van der Waals surface area (Å²) in [7, 11) is -4.27. The number of carboxylic acid groups (broad SMARTS) is 1. The Kier molecular flexibility index (Phi) is 4.89. The van der Waals surface area contributed by atoms with E-state index in [0.717, 1.165) is 12.3 Å². The van der Waals surface area contributed by atoms with Crippen LogP contribution in [-0.2, 0) is 19.6 Å². The number of rotatable bonds is 6. The van der Waals surface area contributed by atoms with Crippen LogP contribution < -0.4 is 10.0 Å². The molecule has 104 valence electrons. The molecule has 0 aliphatic heterocycles. The summed E-state index contributed by atoms with van der Waals surface area (Å²) in [6, 6.07) is 2.12. The van der Waals surface area contributed by atoms with E-state index in [0.29, 0.717) is 0 Å². The van der Waals surface area contributed by atoms with E-state index in [4.69, 9.17) is 5.11 Å². The molecule has 1 aromatic rings. The molecule has 0 spiro atoms. The molecule has 10 heteroatoms. The second-order valence-electron chi connectivity index (χ2n) is 3.29. The number of amides is 1. The number of nitrogens with zero attached hydrogens (tertiary/aromatic N) is 1. The van der Waals surface area contributed by atoms with Crippen LogP contribution in [0.2, 0.25) is 0 Å². The highest BCUT2D eigenvalue weighted by molar-refractivity contribution is 7.89. The molecule has 0 aliphatic carbocycles. The highest BCUT2D eigenvalue weighted by Gasteiger charge is 2.21. The normalized spacial score (nSPS) is 11.0. The maximum atomic E-state index is 13.2. The number of nitrogens with one attached hydrogen (secondary N) is 2. The fourth-order valence-electron chi connectivity index (χ4n) is 1.03. The topological polar surface area (TPSA) is 125 Å². The molecular formula is C9H10FN3O5S. The maximum Gasteiger partial charge on any atom is 0.322 e. The zero-order valence-corrected chi connectivity index (χ0v) is 10.3. The smallest absolute Gasteiger partial charge is 0.322 e. The number of aliphatic carboxylic acids is 1. The van der Waals surface area contributed by atoms with Crippen LogP contribution in [0.15, 0.2) is 23.4 Å². The molecule has 0 atom stereocenters. The molecule has 0 bridgehead atoms. The van der Waals surface area contributed by atoms with E-state index < -0.39 is 45.8 Å². The fraction of sp³-hybridized carbons (Fsp3) is 0.222. The van der Waals surface area contributed by atoms with E-state index >= 15 is 0 Å². The van der Waals surface area contributed by atoms with Crippen LogP contribution in [0.25, 0.3) is 0 Å². The molecule has 1 rings (SSSR count). The number of carbonyl (C=O) groups is 2. The van der Waals surface area contributed by atoms with Crippen molar-refractivity contribution >= 4 is 21.9 Å². The number of carbonyl (C=O) groups excluding carboxylic acids is 1. The highest BCUT2D eigenvalue weighted by atomic mass is 32.2. The lowest BCUT2D eigenvalue weighted by Gasteiger charge is -2.06. The minimum absolute atomic E-state index is 0.640. The third kappa shape index (κ3) is 4.60. The molecule has 0 unspecified atom stereocenters. The van der Waals surface area contributed by atoms with Crippen molar-refractivity contribution in [2.75, 3.05) is 13.1 Å². The Bertz CT molecular complexity index is 589. The van der Waals surface area contributed by atoms with Crippen LogP contribution in [0, 0.1) is 5.82 Å². The molecule has 0 saturated heterocycles. The SMILES string of the molecule is O=C(O)CNC(=O)CNS(=O)(=O)c1ncccc1F. The average Bonchev–Trinajstić information content (AvgIpc) is 2.34. The lowest BCUT2D eigenvalue weighted by atomic mass is 10.5. The lowest BCUT2D eigenvalue weighted by Crippen LogP contribution is -2.39. The Morgan fingerprint density at radius 3 is 2.63 bits per heavy atom. The minimum Gasteiger partial charge on any atom is -0.480 e. The number of aromatic nitrogens is 1. The van der Waals surface area contributed by atoms with Crippen molar-refractivity contribution in [2.45, 2.75) is 5.03 Å². The van der Waals surface area contributed by atoms with Gasteiger partial charge in [-0.1, -0.05) is 0 Å². The van der Waals surface area contributed by atoms with Gasteiger partial charge in [-0.05, 0) is 12.1 Å². The van der Waals surface area contributed by atoms with Crippen LogP contribution in [0.5, 0.6) is 0 Å². The summed E-state index contributed by atoms with van der Waals surface area (Å²) in [5, 5.41) is 9.40. The summed E-state index contributed by atoms with van der Waals surface area (Å²) in [4.78, 5) is 24.6. The summed E-state index contributed by atoms with van der Waals surface area (Å²) >= 11 is 0. The molecule has 1 amide bonds. The minimum atomic E-state index is -4.27. The number of pyridine rings is 1. The number of sulfonamides is 1. The third-order valence-corrected chi connectivity index (χ3v) is 3.17. The monoisotopic (exact) mass is 291 g/mol. The second-order valence-corrected chi connectivity index (χ2v) is 4.97. The van der Waals surface area contributed by atoms with Crippen molar-refractivity contribution in [3.63, 3.8) is 0 Å². The molecule has 1 aromatic heterocycles. The maximum absolute atomic E-state index is 13.2. The van der Waals surface area contributed by atoms with Gasteiger partial charge in [-0.3, -0.25) is 9.59 Å². The van der Waals surface area contributed by atoms with Gasteiger partial charge >= 0.3 is 5.97 Å². The van der Waals surface area contributed by atoms with Crippen molar-refractivity contribution in [1.82, 2.24) is 15.0 Å². The van der Waals surface area contributed by atoms with Crippen molar-refractivity contribution in [3.8, 4) is 0 Å². The second kappa shape index (κ2) is 6.20. The molecular weight excluding hydrogens is 281 g/mol. The van der Waals surface area contributed by atoms with Crippen LogP contribution >= 0.6 is 0 Å². The van der Waals surface area contributed by atoms with Gasteiger partial charge in [0.05, 0.1) is 6.54 Å². The van der Waals surface area contributed by atoms with Crippen LogP contribution in [0.3, 0.4) is 0 Å². The van der Waals surface area contributed by atoms with Gasteiger partial charge in [-0.2, -0.15) is 0 Å². The average molecular weight is 291 g/mol. The summed E-state index contributed by atoms with van der Waals surface area (Å²) < 4.78 is 38.2. The van der Waals surface area contributed by atoms with E-state index in [9.17, 15) is 22.4 Å². The predicted molar refractivity (Wildman–Crippen MR) is 60.0 cm³/mol. The standard InChI is InChI=1S/C9H10FN3O5S/c10-6-2-1-3-11-9(6)19(17,18)13-4-7(14)12-5-8(15)16/h1-3,13H,4-5H2,(H,12,14)(H,15,16). The van der Waals surface area contributed by atoms with Gasteiger partial charge in [0.2, 0.25) is 10.9 Å². The Morgan fingerprint density at radius 1 is 1.37 bits per heavy atom.